The Bertz CT molecular complexity index is 537. The molecule has 2 aromatic rings. The van der Waals surface area contributed by atoms with Gasteiger partial charge in [0.25, 0.3) is 0 Å². The zero-order valence-corrected chi connectivity index (χ0v) is 9.06. The lowest BCUT2D eigenvalue weighted by molar-refractivity contribution is 0.0993. The van der Waals surface area contributed by atoms with Gasteiger partial charge in [-0.05, 0) is 29.8 Å². The second-order valence-electron chi connectivity index (χ2n) is 3.70. The molecular weight excluding hydrogens is 219 g/mol. The van der Waals surface area contributed by atoms with E-state index in [2.05, 4.69) is 4.98 Å². The molecule has 3 nitrogen and oxygen atoms in total. The Morgan fingerprint density at radius 3 is 2.59 bits per heavy atom. The lowest BCUT2D eigenvalue weighted by Crippen LogP contribution is -2.04. The van der Waals surface area contributed by atoms with E-state index in [-0.39, 0.29) is 18.0 Å². The molecule has 1 heterocycles. The number of carbonyl (C=O) groups excluding carboxylic acids is 1. The molecule has 0 bridgehead atoms. The fourth-order valence-electron chi connectivity index (χ4n) is 1.51. The number of ketones is 1. The van der Waals surface area contributed by atoms with Gasteiger partial charge in [0.2, 0.25) is 0 Å². The van der Waals surface area contributed by atoms with Crippen molar-refractivity contribution in [1.82, 2.24) is 4.98 Å². The van der Waals surface area contributed by atoms with Gasteiger partial charge in [-0.15, -0.1) is 0 Å². The average molecular weight is 230 g/mol. The van der Waals surface area contributed by atoms with Gasteiger partial charge in [0.05, 0.1) is 0 Å². The molecule has 0 aliphatic rings. The molecule has 17 heavy (non-hydrogen) atoms. The van der Waals surface area contributed by atoms with Crippen molar-refractivity contribution in [2.75, 3.05) is 5.73 Å². The third-order valence-corrected chi connectivity index (χ3v) is 2.38. The summed E-state index contributed by atoms with van der Waals surface area (Å²) in [5.74, 6) is -0.0602. The highest BCUT2D eigenvalue weighted by Gasteiger charge is 2.07. The maximum Gasteiger partial charge on any atom is 0.167 e. The lowest BCUT2D eigenvalue weighted by atomic mass is 10.0. The van der Waals surface area contributed by atoms with Crippen LogP contribution in [-0.4, -0.2) is 10.8 Å². The van der Waals surface area contributed by atoms with Crippen LogP contribution in [0.3, 0.4) is 0 Å². The minimum atomic E-state index is -0.311. The van der Waals surface area contributed by atoms with E-state index < -0.39 is 0 Å². The first-order chi connectivity index (χ1) is 8.15. The third-order valence-electron chi connectivity index (χ3n) is 2.38. The standard InChI is InChI=1S/C13H11FN2O/c14-11-3-1-9(2-4-11)7-12(17)10-5-6-16-13(15)8-10/h1-6,8H,7H2,(H2,15,16). The Kier molecular flexibility index (Phi) is 3.14. The van der Waals surface area contributed by atoms with Crippen LogP contribution in [0.2, 0.25) is 0 Å². The number of hydrogen-bond donors (Lipinski definition) is 1. The maximum atomic E-state index is 12.7. The summed E-state index contributed by atoms with van der Waals surface area (Å²) >= 11 is 0. The smallest absolute Gasteiger partial charge is 0.167 e. The number of carbonyl (C=O) groups is 1. The molecule has 2 N–H and O–H groups in total. The molecule has 2 rings (SSSR count). The Labute approximate surface area is 98.1 Å². The van der Waals surface area contributed by atoms with Crippen LogP contribution in [0.15, 0.2) is 42.6 Å². The first kappa shape index (κ1) is 11.3. The largest absolute Gasteiger partial charge is 0.384 e. The van der Waals surface area contributed by atoms with Crippen LogP contribution in [0.5, 0.6) is 0 Å². The van der Waals surface area contributed by atoms with E-state index in [4.69, 9.17) is 5.73 Å². The number of pyridine rings is 1. The van der Waals surface area contributed by atoms with Crippen molar-refractivity contribution in [2.45, 2.75) is 6.42 Å². The Balaban J connectivity index is 2.14. The second kappa shape index (κ2) is 4.74. The molecule has 1 aromatic carbocycles. The predicted octanol–water partition coefficient (Wildman–Crippen LogP) is 2.23. The molecular formula is C13H11FN2O. The van der Waals surface area contributed by atoms with E-state index in [1.807, 2.05) is 0 Å². The van der Waals surface area contributed by atoms with Crippen molar-refractivity contribution in [1.29, 1.82) is 0 Å². The van der Waals surface area contributed by atoms with Crippen LogP contribution in [0.1, 0.15) is 15.9 Å². The highest BCUT2D eigenvalue weighted by molar-refractivity contribution is 5.97. The van der Waals surface area contributed by atoms with Gasteiger partial charge < -0.3 is 5.73 Å². The van der Waals surface area contributed by atoms with E-state index in [0.29, 0.717) is 11.4 Å². The summed E-state index contributed by atoms with van der Waals surface area (Å²) < 4.78 is 12.7. The summed E-state index contributed by atoms with van der Waals surface area (Å²) in [6.45, 7) is 0. The third kappa shape index (κ3) is 2.87. The summed E-state index contributed by atoms with van der Waals surface area (Å²) in [4.78, 5) is 15.7. The van der Waals surface area contributed by atoms with E-state index in [1.54, 1.807) is 18.2 Å². The minimum Gasteiger partial charge on any atom is -0.384 e. The van der Waals surface area contributed by atoms with Gasteiger partial charge in [-0.2, -0.15) is 0 Å². The van der Waals surface area contributed by atoms with Gasteiger partial charge in [0.1, 0.15) is 11.6 Å². The van der Waals surface area contributed by atoms with Crippen molar-refractivity contribution in [2.24, 2.45) is 0 Å². The molecule has 0 fully saturated rings. The molecule has 0 unspecified atom stereocenters. The van der Waals surface area contributed by atoms with E-state index >= 15 is 0 Å². The van der Waals surface area contributed by atoms with Crippen molar-refractivity contribution in [3.05, 3.63) is 59.5 Å². The molecule has 0 aliphatic heterocycles. The predicted molar refractivity (Wildman–Crippen MR) is 63.1 cm³/mol. The average Bonchev–Trinajstić information content (AvgIpc) is 2.32. The van der Waals surface area contributed by atoms with Gasteiger partial charge in [-0.3, -0.25) is 4.79 Å². The molecule has 86 valence electrons. The number of halogens is 1. The summed E-state index contributed by atoms with van der Waals surface area (Å²) in [6.07, 6.45) is 1.72. The number of nitrogen functional groups attached to an aromatic ring is 1. The van der Waals surface area contributed by atoms with Crippen molar-refractivity contribution in [3.63, 3.8) is 0 Å². The molecule has 0 spiro atoms. The number of Topliss-reactive ketones (excluding diaryl/α,β-unsaturated/α-hetero) is 1. The minimum absolute atomic E-state index is 0.0642. The van der Waals surface area contributed by atoms with E-state index in [9.17, 15) is 9.18 Å². The Morgan fingerprint density at radius 2 is 1.94 bits per heavy atom. The molecule has 4 heteroatoms. The van der Waals surface area contributed by atoms with Gasteiger partial charge >= 0.3 is 0 Å². The molecule has 0 amide bonds. The van der Waals surface area contributed by atoms with Crippen LogP contribution in [0.4, 0.5) is 10.2 Å². The van der Waals surface area contributed by atoms with Crippen LogP contribution < -0.4 is 5.73 Å². The van der Waals surface area contributed by atoms with Crippen molar-refractivity contribution < 1.29 is 9.18 Å². The summed E-state index contributed by atoms with van der Waals surface area (Å²) in [5.41, 5.74) is 6.78. The summed E-state index contributed by atoms with van der Waals surface area (Å²) in [7, 11) is 0. The number of aromatic nitrogens is 1. The number of nitrogens with zero attached hydrogens (tertiary/aromatic N) is 1. The van der Waals surface area contributed by atoms with Gasteiger partial charge in [-0.1, -0.05) is 12.1 Å². The van der Waals surface area contributed by atoms with Crippen LogP contribution in [-0.2, 0) is 6.42 Å². The summed E-state index contributed by atoms with van der Waals surface area (Å²) in [6, 6.07) is 9.01. The maximum absolute atomic E-state index is 12.7. The van der Waals surface area contributed by atoms with Crippen LogP contribution >= 0.6 is 0 Å². The topological polar surface area (TPSA) is 56.0 Å². The molecule has 0 atom stereocenters. The van der Waals surface area contributed by atoms with Gasteiger partial charge in [0.15, 0.2) is 5.78 Å². The molecule has 0 radical (unpaired) electrons. The highest BCUT2D eigenvalue weighted by Crippen LogP contribution is 2.10. The Morgan fingerprint density at radius 1 is 1.24 bits per heavy atom. The normalized spacial score (nSPS) is 10.2. The van der Waals surface area contributed by atoms with Gasteiger partial charge in [-0.25, -0.2) is 9.37 Å². The molecule has 0 saturated carbocycles. The number of rotatable bonds is 3. The van der Waals surface area contributed by atoms with Crippen molar-refractivity contribution >= 4 is 11.6 Å². The quantitative estimate of drug-likeness (QED) is 0.822. The van der Waals surface area contributed by atoms with Crippen molar-refractivity contribution in [3.8, 4) is 0 Å². The zero-order chi connectivity index (χ0) is 12.3. The molecule has 1 aromatic heterocycles. The van der Waals surface area contributed by atoms with Crippen LogP contribution in [0.25, 0.3) is 0 Å². The first-order valence-corrected chi connectivity index (χ1v) is 5.14. The van der Waals surface area contributed by atoms with E-state index in [0.717, 1.165) is 5.56 Å². The van der Waals surface area contributed by atoms with Crippen LogP contribution in [0, 0.1) is 5.82 Å². The monoisotopic (exact) mass is 230 g/mol. The SMILES string of the molecule is Nc1cc(C(=O)Cc2ccc(F)cc2)ccn1. The number of benzene rings is 1. The molecule has 0 saturated heterocycles. The van der Waals surface area contributed by atoms with Gasteiger partial charge in [0, 0.05) is 18.2 Å². The number of nitrogens with two attached hydrogens (primary N) is 1. The number of hydrogen-bond acceptors (Lipinski definition) is 3. The van der Waals surface area contributed by atoms with E-state index in [1.165, 1.54) is 24.4 Å². The fourth-order valence-corrected chi connectivity index (χ4v) is 1.51. The Hall–Kier alpha value is -2.23. The highest BCUT2D eigenvalue weighted by atomic mass is 19.1. The molecule has 0 aliphatic carbocycles. The lowest BCUT2D eigenvalue weighted by Gasteiger charge is -2.02. The zero-order valence-electron chi connectivity index (χ0n) is 9.06. The first-order valence-electron chi connectivity index (χ1n) is 5.14. The number of anilines is 1. The summed E-state index contributed by atoms with van der Waals surface area (Å²) in [5, 5.41) is 0. The second-order valence-corrected chi connectivity index (χ2v) is 3.70. The fraction of sp³-hybridized carbons (Fsp3) is 0.0769.